The Morgan fingerprint density at radius 3 is 2.62 bits per heavy atom. The van der Waals surface area contributed by atoms with Gasteiger partial charge in [-0.25, -0.2) is 0 Å². The first-order valence-electron chi connectivity index (χ1n) is 7.78. The number of benzene rings is 2. The van der Waals surface area contributed by atoms with Gasteiger partial charge in [-0.2, -0.15) is 0 Å². The average Bonchev–Trinajstić information content (AvgIpc) is 2.73. The summed E-state index contributed by atoms with van der Waals surface area (Å²) >= 11 is 0. The normalized spacial score (nSPS) is 25.5. The number of carbonyl (C=O) groups excluding carboxylic acids is 1. The van der Waals surface area contributed by atoms with E-state index in [1.165, 1.54) is 16.3 Å². The van der Waals surface area contributed by atoms with E-state index in [1.54, 1.807) is 0 Å². The number of rotatable bonds is 3. The summed E-state index contributed by atoms with van der Waals surface area (Å²) in [5.41, 5.74) is 1.16. The molecule has 0 saturated carbocycles. The number of fused-ring (bicyclic) bond motifs is 1. The molecule has 21 heavy (non-hydrogen) atoms. The topological polar surface area (TPSA) is 29.1 Å². The summed E-state index contributed by atoms with van der Waals surface area (Å²) in [4.78, 5) is 12.0. The van der Waals surface area contributed by atoms with Gasteiger partial charge in [0.05, 0.1) is 0 Å². The molecule has 0 aromatic heterocycles. The van der Waals surface area contributed by atoms with Crippen molar-refractivity contribution in [3.05, 3.63) is 48.0 Å². The third kappa shape index (κ3) is 2.55. The zero-order valence-corrected chi connectivity index (χ0v) is 13.0. The van der Waals surface area contributed by atoms with Crippen molar-refractivity contribution in [1.29, 1.82) is 0 Å². The van der Waals surface area contributed by atoms with Crippen molar-refractivity contribution in [2.45, 2.75) is 45.1 Å². The van der Waals surface area contributed by atoms with Gasteiger partial charge in [-0.1, -0.05) is 63.2 Å². The van der Waals surface area contributed by atoms with Crippen molar-refractivity contribution in [1.82, 2.24) is 5.32 Å². The highest BCUT2D eigenvalue weighted by Crippen LogP contribution is 2.39. The predicted octanol–water partition coefficient (Wildman–Crippen LogP) is 4.03. The molecule has 1 fully saturated rings. The van der Waals surface area contributed by atoms with Gasteiger partial charge in [-0.15, -0.1) is 0 Å². The maximum atomic E-state index is 12.0. The summed E-state index contributed by atoms with van der Waals surface area (Å²) in [7, 11) is 0. The second kappa shape index (κ2) is 5.18. The Kier molecular flexibility index (Phi) is 3.48. The largest absolute Gasteiger partial charge is 0.352 e. The van der Waals surface area contributed by atoms with E-state index in [0.29, 0.717) is 12.3 Å². The highest BCUT2D eigenvalue weighted by molar-refractivity contribution is 5.85. The highest BCUT2D eigenvalue weighted by Gasteiger charge is 2.44. The highest BCUT2D eigenvalue weighted by atomic mass is 16.2. The lowest BCUT2D eigenvalue weighted by atomic mass is 9.73. The van der Waals surface area contributed by atoms with Crippen LogP contribution >= 0.6 is 0 Å². The molecule has 110 valence electrons. The molecule has 2 unspecified atom stereocenters. The molecule has 3 rings (SSSR count). The summed E-state index contributed by atoms with van der Waals surface area (Å²) in [6.07, 6.45) is 1.61. The lowest BCUT2D eigenvalue weighted by Gasteiger charge is -2.32. The van der Waals surface area contributed by atoms with Crippen LogP contribution in [-0.2, 0) is 10.2 Å². The van der Waals surface area contributed by atoms with E-state index < -0.39 is 0 Å². The molecule has 2 atom stereocenters. The van der Waals surface area contributed by atoms with E-state index >= 15 is 0 Å². The molecular formula is C19H23NO. The van der Waals surface area contributed by atoms with E-state index in [4.69, 9.17) is 0 Å². The fourth-order valence-electron chi connectivity index (χ4n) is 3.50. The maximum absolute atomic E-state index is 12.0. The Labute approximate surface area is 126 Å². The zero-order valence-electron chi connectivity index (χ0n) is 13.0. The monoisotopic (exact) mass is 281 g/mol. The van der Waals surface area contributed by atoms with E-state index in [1.807, 2.05) is 0 Å². The van der Waals surface area contributed by atoms with Crippen LogP contribution in [0.1, 0.15) is 39.2 Å². The van der Waals surface area contributed by atoms with Gasteiger partial charge in [0.25, 0.3) is 0 Å². The van der Waals surface area contributed by atoms with Crippen LogP contribution in [0.25, 0.3) is 10.8 Å². The fourth-order valence-corrected chi connectivity index (χ4v) is 3.50. The van der Waals surface area contributed by atoms with Gasteiger partial charge >= 0.3 is 0 Å². The molecule has 2 nitrogen and oxygen atoms in total. The third-order valence-corrected chi connectivity index (χ3v) is 4.75. The Morgan fingerprint density at radius 2 is 1.90 bits per heavy atom. The second-order valence-electron chi connectivity index (χ2n) is 6.91. The molecule has 1 aliphatic rings. The van der Waals surface area contributed by atoms with Gasteiger partial charge in [0, 0.05) is 17.9 Å². The predicted molar refractivity (Wildman–Crippen MR) is 87.3 cm³/mol. The van der Waals surface area contributed by atoms with Crippen LogP contribution in [0.5, 0.6) is 0 Å². The first kappa shape index (κ1) is 14.1. The molecule has 2 aromatic rings. The van der Waals surface area contributed by atoms with Crippen molar-refractivity contribution in [3.63, 3.8) is 0 Å². The zero-order chi connectivity index (χ0) is 15.0. The van der Waals surface area contributed by atoms with E-state index in [2.05, 4.69) is 68.6 Å². The molecular weight excluding hydrogens is 258 g/mol. The molecule has 1 heterocycles. The van der Waals surface area contributed by atoms with Crippen molar-refractivity contribution in [2.24, 2.45) is 5.92 Å². The minimum Gasteiger partial charge on any atom is -0.352 e. The van der Waals surface area contributed by atoms with Gasteiger partial charge in [0.1, 0.15) is 0 Å². The van der Waals surface area contributed by atoms with E-state index in [-0.39, 0.29) is 17.4 Å². The summed E-state index contributed by atoms with van der Waals surface area (Å²) in [6.45, 7) is 6.65. The molecule has 0 aliphatic carbocycles. The average molecular weight is 281 g/mol. The maximum Gasteiger partial charge on any atom is 0.221 e. The Balaban J connectivity index is 2.03. The lowest BCUT2D eigenvalue weighted by Crippen LogP contribution is -2.39. The van der Waals surface area contributed by atoms with Crippen LogP contribution in [0, 0.1) is 5.92 Å². The summed E-state index contributed by atoms with van der Waals surface area (Å²) in [5, 5.41) is 5.68. The van der Waals surface area contributed by atoms with Crippen molar-refractivity contribution in [2.75, 3.05) is 0 Å². The molecule has 1 amide bonds. The first-order chi connectivity index (χ1) is 9.99. The van der Waals surface area contributed by atoms with Crippen LogP contribution in [-0.4, -0.2) is 11.9 Å². The molecule has 2 aromatic carbocycles. The van der Waals surface area contributed by atoms with Gasteiger partial charge < -0.3 is 5.32 Å². The van der Waals surface area contributed by atoms with Gasteiger partial charge in [0.15, 0.2) is 0 Å². The molecule has 0 bridgehead atoms. The third-order valence-electron chi connectivity index (χ3n) is 4.75. The van der Waals surface area contributed by atoms with Crippen LogP contribution < -0.4 is 5.32 Å². The molecule has 0 radical (unpaired) electrons. The molecule has 2 heteroatoms. The van der Waals surface area contributed by atoms with Gasteiger partial charge in [-0.3, -0.25) is 4.79 Å². The Hall–Kier alpha value is -1.83. The Morgan fingerprint density at radius 1 is 1.19 bits per heavy atom. The van der Waals surface area contributed by atoms with E-state index in [9.17, 15) is 4.79 Å². The standard InChI is InChI=1S/C19H23NO/c1-13(2)10-17-19(3,12-18(21)20-17)16-9-8-14-6-4-5-7-15(14)11-16/h4-9,11,13,17H,10,12H2,1-3H3,(H,20,21). The minimum atomic E-state index is -0.106. The summed E-state index contributed by atoms with van der Waals surface area (Å²) in [6, 6.07) is 15.2. The Bertz CT molecular complexity index is 676. The van der Waals surface area contributed by atoms with Crippen molar-refractivity contribution in [3.8, 4) is 0 Å². The first-order valence-corrected chi connectivity index (χ1v) is 7.78. The molecule has 1 aliphatic heterocycles. The summed E-state index contributed by atoms with van der Waals surface area (Å²) < 4.78 is 0. The van der Waals surface area contributed by atoms with Crippen LogP contribution in [0.2, 0.25) is 0 Å². The second-order valence-corrected chi connectivity index (χ2v) is 6.91. The van der Waals surface area contributed by atoms with E-state index in [0.717, 1.165) is 6.42 Å². The quantitative estimate of drug-likeness (QED) is 0.904. The lowest BCUT2D eigenvalue weighted by molar-refractivity contribution is -0.119. The fraction of sp³-hybridized carbons (Fsp3) is 0.421. The smallest absolute Gasteiger partial charge is 0.221 e. The van der Waals surface area contributed by atoms with Crippen LogP contribution in [0.3, 0.4) is 0 Å². The minimum absolute atomic E-state index is 0.106. The number of nitrogens with one attached hydrogen (secondary N) is 1. The van der Waals surface area contributed by atoms with Gasteiger partial charge in [-0.05, 0) is 28.7 Å². The molecule has 0 spiro atoms. The van der Waals surface area contributed by atoms with Crippen molar-refractivity contribution < 1.29 is 4.79 Å². The van der Waals surface area contributed by atoms with Crippen LogP contribution in [0.15, 0.2) is 42.5 Å². The summed E-state index contributed by atoms with van der Waals surface area (Å²) in [5.74, 6) is 0.754. The van der Waals surface area contributed by atoms with Gasteiger partial charge in [0.2, 0.25) is 5.91 Å². The number of carbonyl (C=O) groups is 1. The SMILES string of the molecule is CC(C)CC1NC(=O)CC1(C)c1ccc2ccccc2c1. The molecule has 1 saturated heterocycles. The molecule has 1 N–H and O–H groups in total. The van der Waals surface area contributed by atoms with Crippen molar-refractivity contribution >= 4 is 16.7 Å². The number of hydrogen-bond donors (Lipinski definition) is 1. The van der Waals surface area contributed by atoms with Crippen LogP contribution in [0.4, 0.5) is 0 Å². The number of amides is 1. The number of hydrogen-bond acceptors (Lipinski definition) is 1.